The predicted octanol–water partition coefficient (Wildman–Crippen LogP) is 4.02. The van der Waals surface area contributed by atoms with Crippen molar-refractivity contribution in [3.05, 3.63) is 62.2 Å². The van der Waals surface area contributed by atoms with Crippen LogP contribution in [0.3, 0.4) is 0 Å². The van der Waals surface area contributed by atoms with Crippen LogP contribution in [0.2, 0.25) is 5.02 Å². The van der Waals surface area contributed by atoms with Gasteiger partial charge in [-0.25, -0.2) is 0 Å². The fourth-order valence-corrected chi connectivity index (χ4v) is 4.38. The fraction of sp³-hybridized carbons (Fsp3) is 0.304. The van der Waals surface area contributed by atoms with E-state index >= 15 is 0 Å². The highest BCUT2D eigenvalue weighted by Crippen LogP contribution is 2.34. The van der Waals surface area contributed by atoms with Crippen molar-refractivity contribution in [2.75, 3.05) is 26.2 Å². The first-order valence-corrected chi connectivity index (χ1v) is 11.3. The standard InChI is InChI=1S/C23H21BrClNO6/c24-14-4-5-17(21-9-19(28)16-2-1-3-18(25)22(16)32-21)20(8-14)31-12-15(27)11-26-7-6-13(10-26)23(29)30/h1-5,8-9,13,15,27H,6-7,10-12H2,(H,29,30). The van der Waals surface area contributed by atoms with E-state index in [-0.39, 0.29) is 12.0 Å². The highest BCUT2D eigenvalue weighted by molar-refractivity contribution is 9.10. The largest absolute Gasteiger partial charge is 0.490 e. The number of halogens is 2. The molecule has 1 aromatic heterocycles. The van der Waals surface area contributed by atoms with Gasteiger partial charge in [0.15, 0.2) is 11.0 Å². The minimum atomic E-state index is -0.813. The van der Waals surface area contributed by atoms with Crippen LogP contribution >= 0.6 is 27.5 Å². The van der Waals surface area contributed by atoms with Crippen molar-refractivity contribution in [1.82, 2.24) is 4.90 Å². The number of aliphatic hydroxyl groups is 1. The van der Waals surface area contributed by atoms with Crippen LogP contribution in [-0.4, -0.2) is 53.4 Å². The van der Waals surface area contributed by atoms with Gasteiger partial charge in [-0.2, -0.15) is 0 Å². The van der Waals surface area contributed by atoms with Crippen molar-refractivity contribution in [3.63, 3.8) is 0 Å². The first-order chi connectivity index (χ1) is 15.3. The molecule has 4 rings (SSSR count). The zero-order chi connectivity index (χ0) is 22.8. The Morgan fingerprint density at radius 3 is 2.88 bits per heavy atom. The van der Waals surface area contributed by atoms with Crippen LogP contribution in [-0.2, 0) is 4.79 Å². The van der Waals surface area contributed by atoms with Gasteiger partial charge in [-0.1, -0.05) is 33.6 Å². The topological polar surface area (TPSA) is 100 Å². The van der Waals surface area contributed by atoms with Gasteiger partial charge in [-0.05, 0) is 43.3 Å². The van der Waals surface area contributed by atoms with E-state index in [0.29, 0.717) is 59.1 Å². The van der Waals surface area contributed by atoms with Crippen molar-refractivity contribution in [2.45, 2.75) is 12.5 Å². The molecule has 2 unspecified atom stereocenters. The average Bonchev–Trinajstić information content (AvgIpc) is 3.22. The second-order valence-corrected chi connectivity index (χ2v) is 9.10. The van der Waals surface area contributed by atoms with Crippen molar-refractivity contribution < 1.29 is 24.2 Å². The summed E-state index contributed by atoms with van der Waals surface area (Å²) in [6, 6.07) is 11.7. The number of likely N-dealkylation sites (tertiary alicyclic amines) is 1. The molecule has 1 aliphatic rings. The maximum Gasteiger partial charge on any atom is 0.307 e. The maximum absolute atomic E-state index is 12.6. The van der Waals surface area contributed by atoms with Crippen LogP contribution in [0.4, 0.5) is 0 Å². The quantitative estimate of drug-likeness (QED) is 0.483. The Bertz CT molecular complexity index is 1210. The van der Waals surface area contributed by atoms with E-state index in [4.69, 9.17) is 25.9 Å². The number of carbonyl (C=O) groups is 1. The minimum Gasteiger partial charge on any atom is -0.490 e. The molecular weight excluding hydrogens is 502 g/mol. The zero-order valence-corrected chi connectivity index (χ0v) is 19.3. The predicted molar refractivity (Wildman–Crippen MR) is 124 cm³/mol. The number of aliphatic hydroxyl groups excluding tert-OH is 1. The van der Waals surface area contributed by atoms with Crippen LogP contribution in [0.5, 0.6) is 5.75 Å². The third kappa shape index (κ3) is 4.99. The van der Waals surface area contributed by atoms with E-state index in [1.165, 1.54) is 6.07 Å². The van der Waals surface area contributed by atoms with Crippen LogP contribution in [0.25, 0.3) is 22.3 Å². The van der Waals surface area contributed by atoms with E-state index in [9.17, 15) is 14.7 Å². The summed E-state index contributed by atoms with van der Waals surface area (Å²) in [6.45, 7) is 1.35. The third-order valence-corrected chi connectivity index (χ3v) is 6.23. The van der Waals surface area contributed by atoms with Crippen molar-refractivity contribution >= 4 is 44.5 Å². The molecule has 0 bridgehead atoms. The van der Waals surface area contributed by atoms with Gasteiger partial charge in [0.1, 0.15) is 24.2 Å². The van der Waals surface area contributed by atoms with Gasteiger partial charge in [0.05, 0.1) is 21.9 Å². The van der Waals surface area contributed by atoms with Gasteiger partial charge < -0.3 is 19.4 Å². The average molecular weight is 523 g/mol. The zero-order valence-electron chi connectivity index (χ0n) is 17.0. The van der Waals surface area contributed by atoms with Gasteiger partial charge in [0.2, 0.25) is 0 Å². The van der Waals surface area contributed by atoms with E-state index < -0.39 is 18.0 Å². The molecule has 2 N–H and O–H groups in total. The van der Waals surface area contributed by atoms with Gasteiger partial charge in [-0.3, -0.25) is 14.5 Å². The number of carboxylic acid groups (broad SMARTS) is 1. The van der Waals surface area contributed by atoms with Crippen LogP contribution in [0.15, 0.2) is 56.1 Å². The number of hydrogen-bond acceptors (Lipinski definition) is 6. The summed E-state index contributed by atoms with van der Waals surface area (Å²) in [5.41, 5.74) is 0.624. The lowest BCUT2D eigenvalue weighted by Gasteiger charge is -2.20. The van der Waals surface area contributed by atoms with Crippen LogP contribution in [0.1, 0.15) is 6.42 Å². The molecule has 0 spiro atoms. The SMILES string of the molecule is O=C(O)C1CCN(CC(O)COc2cc(Br)ccc2-c2cc(=O)c3cccc(Cl)c3o2)C1. The molecule has 1 fully saturated rings. The number of nitrogens with zero attached hydrogens (tertiary/aromatic N) is 1. The Labute approximate surface area is 197 Å². The van der Waals surface area contributed by atoms with Crippen LogP contribution < -0.4 is 10.2 Å². The normalized spacial score (nSPS) is 17.5. The number of hydrogen-bond donors (Lipinski definition) is 2. The Morgan fingerprint density at radius 2 is 2.12 bits per heavy atom. The molecule has 2 atom stereocenters. The summed E-state index contributed by atoms with van der Waals surface area (Å²) in [7, 11) is 0. The molecule has 0 amide bonds. The second kappa shape index (κ2) is 9.62. The Kier molecular flexibility index (Phi) is 6.85. The Hall–Kier alpha value is -2.39. The molecule has 0 radical (unpaired) electrons. The molecule has 2 aromatic carbocycles. The first kappa shape index (κ1) is 22.8. The first-order valence-electron chi connectivity index (χ1n) is 10.1. The molecule has 2 heterocycles. The molecule has 1 aliphatic heterocycles. The number of β-amino-alcohol motifs (C(OH)–C–C–N with tert-alkyl or cyclic N) is 1. The second-order valence-electron chi connectivity index (χ2n) is 7.78. The van der Waals surface area contributed by atoms with Crippen molar-refractivity contribution in [2.24, 2.45) is 5.92 Å². The monoisotopic (exact) mass is 521 g/mol. The summed E-state index contributed by atoms with van der Waals surface area (Å²) in [5, 5.41) is 20.3. The van der Waals surface area contributed by atoms with Gasteiger partial charge in [0.25, 0.3) is 0 Å². The van der Waals surface area contributed by atoms with Crippen molar-refractivity contribution in [3.8, 4) is 17.1 Å². The molecule has 7 nitrogen and oxygen atoms in total. The summed E-state index contributed by atoms with van der Waals surface area (Å²) in [5.74, 6) is -0.481. The molecule has 1 saturated heterocycles. The molecule has 32 heavy (non-hydrogen) atoms. The number of benzene rings is 2. The van der Waals surface area contributed by atoms with Gasteiger partial charge in [0, 0.05) is 23.6 Å². The number of aliphatic carboxylic acids is 1. The van der Waals surface area contributed by atoms with Gasteiger partial charge in [-0.15, -0.1) is 0 Å². The Balaban J connectivity index is 1.53. The van der Waals surface area contributed by atoms with E-state index in [1.807, 2.05) is 4.90 Å². The number of carboxylic acids is 1. The summed E-state index contributed by atoms with van der Waals surface area (Å²) in [6.07, 6.45) is -0.241. The minimum absolute atomic E-state index is 0.00371. The molecule has 168 valence electrons. The smallest absolute Gasteiger partial charge is 0.307 e. The van der Waals surface area contributed by atoms with E-state index in [1.54, 1.807) is 36.4 Å². The lowest BCUT2D eigenvalue weighted by molar-refractivity contribution is -0.141. The van der Waals surface area contributed by atoms with E-state index in [2.05, 4.69) is 15.9 Å². The van der Waals surface area contributed by atoms with Crippen LogP contribution in [0, 0.1) is 5.92 Å². The van der Waals surface area contributed by atoms with E-state index in [0.717, 1.165) is 4.47 Å². The summed E-state index contributed by atoms with van der Waals surface area (Å²) in [4.78, 5) is 25.6. The Morgan fingerprint density at radius 1 is 1.31 bits per heavy atom. The maximum atomic E-state index is 12.6. The number of ether oxygens (including phenoxy) is 1. The number of rotatable bonds is 7. The number of para-hydroxylation sites is 1. The fourth-order valence-electron chi connectivity index (χ4n) is 3.83. The highest BCUT2D eigenvalue weighted by atomic mass is 79.9. The van der Waals surface area contributed by atoms with Gasteiger partial charge >= 0.3 is 5.97 Å². The molecule has 3 aromatic rings. The molecule has 0 aliphatic carbocycles. The number of fused-ring (bicyclic) bond motifs is 1. The summed E-state index contributed by atoms with van der Waals surface area (Å²) < 4.78 is 12.6. The third-order valence-electron chi connectivity index (χ3n) is 5.44. The van der Waals surface area contributed by atoms with Crippen molar-refractivity contribution in [1.29, 1.82) is 0 Å². The molecule has 0 saturated carbocycles. The lowest BCUT2D eigenvalue weighted by atomic mass is 10.1. The molecule has 9 heteroatoms. The lowest BCUT2D eigenvalue weighted by Crippen LogP contribution is -2.34. The summed E-state index contributed by atoms with van der Waals surface area (Å²) >= 11 is 9.63. The molecular formula is C23H21BrClNO6. The highest BCUT2D eigenvalue weighted by Gasteiger charge is 2.29.